The Kier molecular flexibility index (Phi) is 3.02. The average Bonchev–Trinajstić information content (AvgIpc) is 2.55. The first-order valence-electron chi connectivity index (χ1n) is 5.49. The third-order valence-corrected chi connectivity index (χ3v) is 2.98. The predicted molar refractivity (Wildman–Crippen MR) is 57.6 cm³/mol. The minimum Gasteiger partial charge on any atom is -0.0885 e. The van der Waals surface area contributed by atoms with Crippen LogP contribution in [0.3, 0.4) is 0 Å². The highest BCUT2D eigenvalue weighted by Crippen LogP contribution is 2.27. The van der Waals surface area contributed by atoms with Crippen LogP contribution in [0.5, 0.6) is 0 Å². The zero-order chi connectivity index (χ0) is 8.93. The molecule has 0 unspecified atom stereocenters. The van der Waals surface area contributed by atoms with Gasteiger partial charge in [0.15, 0.2) is 0 Å². The molecule has 0 saturated heterocycles. The van der Waals surface area contributed by atoms with E-state index in [1.165, 1.54) is 44.9 Å². The maximum absolute atomic E-state index is 2.35. The number of hydrogen-bond acceptors (Lipinski definition) is 0. The summed E-state index contributed by atoms with van der Waals surface area (Å²) < 4.78 is 0. The largest absolute Gasteiger partial charge is 0.0885 e. The van der Waals surface area contributed by atoms with Gasteiger partial charge in [0.05, 0.1) is 0 Å². The molecule has 0 aromatic heterocycles. The summed E-state index contributed by atoms with van der Waals surface area (Å²) in [6.07, 6.45) is 18.5. The zero-order valence-corrected chi connectivity index (χ0v) is 8.26. The van der Waals surface area contributed by atoms with E-state index in [0.29, 0.717) is 0 Å². The second-order valence-corrected chi connectivity index (χ2v) is 3.97. The smallest absolute Gasteiger partial charge is 0.0245 e. The molecule has 2 aliphatic rings. The van der Waals surface area contributed by atoms with Gasteiger partial charge in [0.1, 0.15) is 0 Å². The lowest BCUT2D eigenvalue weighted by Crippen LogP contribution is -1.91. The molecular weight excluding hydrogens is 156 g/mol. The number of hydrogen-bond donors (Lipinski definition) is 0. The number of rotatable bonds is 0. The molecule has 0 atom stereocenters. The maximum Gasteiger partial charge on any atom is -0.0245 e. The Labute approximate surface area is 81.0 Å². The molecule has 0 heteroatoms. The molecule has 0 bridgehead atoms. The van der Waals surface area contributed by atoms with Crippen LogP contribution < -0.4 is 0 Å². The van der Waals surface area contributed by atoms with Gasteiger partial charge in [0, 0.05) is 0 Å². The van der Waals surface area contributed by atoms with Gasteiger partial charge < -0.3 is 0 Å². The van der Waals surface area contributed by atoms with Crippen molar-refractivity contribution >= 4 is 0 Å². The Hall–Kier alpha value is -0.780. The molecule has 0 amide bonds. The molecule has 13 heavy (non-hydrogen) atoms. The lowest BCUT2D eigenvalue weighted by atomic mass is 9.95. The maximum atomic E-state index is 2.35. The summed E-state index contributed by atoms with van der Waals surface area (Å²) in [5.74, 6) is 0. The molecule has 2 aliphatic carbocycles. The van der Waals surface area contributed by atoms with Crippen LogP contribution in [0.15, 0.2) is 35.5 Å². The van der Waals surface area contributed by atoms with E-state index >= 15 is 0 Å². The van der Waals surface area contributed by atoms with Crippen LogP contribution in [0.25, 0.3) is 0 Å². The Morgan fingerprint density at radius 3 is 2.46 bits per heavy atom. The van der Waals surface area contributed by atoms with Gasteiger partial charge in [-0.2, -0.15) is 0 Å². The van der Waals surface area contributed by atoms with Gasteiger partial charge in [-0.05, 0) is 50.5 Å². The van der Waals surface area contributed by atoms with Gasteiger partial charge in [0.2, 0.25) is 0 Å². The molecule has 0 spiro atoms. The summed E-state index contributed by atoms with van der Waals surface area (Å²) in [7, 11) is 0. The van der Waals surface area contributed by atoms with E-state index < -0.39 is 0 Å². The molecule has 0 heterocycles. The van der Waals surface area contributed by atoms with Crippen LogP contribution in [0, 0.1) is 0 Å². The van der Waals surface area contributed by atoms with Crippen LogP contribution >= 0.6 is 0 Å². The van der Waals surface area contributed by atoms with Crippen molar-refractivity contribution in [1.82, 2.24) is 0 Å². The second-order valence-electron chi connectivity index (χ2n) is 3.97. The Morgan fingerprint density at radius 1 is 0.769 bits per heavy atom. The van der Waals surface area contributed by atoms with Crippen LogP contribution in [0.1, 0.15) is 44.9 Å². The standard InChI is InChI=1S/C13H18/c1-2-4-8-12(9-5-3-1)13-10-6-7-11-13/h1-2,6,10H,3-5,7-9,11H2/b2-1?,13-12-. The van der Waals surface area contributed by atoms with Gasteiger partial charge >= 0.3 is 0 Å². The molecule has 0 aromatic rings. The van der Waals surface area contributed by atoms with Crippen molar-refractivity contribution in [3.63, 3.8) is 0 Å². The lowest BCUT2D eigenvalue weighted by Gasteiger charge is -2.11. The lowest BCUT2D eigenvalue weighted by molar-refractivity contribution is 0.752. The average molecular weight is 174 g/mol. The first-order chi connectivity index (χ1) is 6.47. The first kappa shape index (κ1) is 8.80. The van der Waals surface area contributed by atoms with Crippen molar-refractivity contribution in [2.45, 2.75) is 44.9 Å². The summed E-state index contributed by atoms with van der Waals surface area (Å²) in [5, 5.41) is 0. The first-order valence-corrected chi connectivity index (χ1v) is 5.49. The number of allylic oxidation sites excluding steroid dienone is 6. The highest BCUT2D eigenvalue weighted by atomic mass is 14.1. The molecule has 70 valence electrons. The highest BCUT2D eigenvalue weighted by Gasteiger charge is 2.07. The normalized spacial score (nSPS) is 28.9. The van der Waals surface area contributed by atoms with Crippen LogP contribution in [-0.2, 0) is 0 Å². The zero-order valence-electron chi connectivity index (χ0n) is 8.26. The SMILES string of the molecule is C1=CCC/C(=C2\C=CCC2)CCC1. The minimum atomic E-state index is 1.26. The van der Waals surface area contributed by atoms with Crippen molar-refractivity contribution in [1.29, 1.82) is 0 Å². The molecule has 0 aliphatic heterocycles. The molecule has 0 N–H and O–H groups in total. The van der Waals surface area contributed by atoms with Crippen molar-refractivity contribution in [2.24, 2.45) is 0 Å². The van der Waals surface area contributed by atoms with E-state index in [1.807, 2.05) is 0 Å². The van der Waals surface area contributed by atoms with E-state index in [-0.39, 0.29) is 0 Å². The Balaban J connectivity index is 2.08. The van der Waals surface area contributed by atoms with Crippen molar-refractivity contribution < 1.29 is 0 Å². The third-order valence-electron chi connectivity index (χ3n) is 2.98. The Morgan fingerprint density at radius 2 is 1.62 bits per heavy atom. The summed E-state index contributed by atoms with van der Waals surface area (Å²) >= 11 is 0. The quantitative estimate of drug-likeness (QED) is 0.484. The van der Waals surface area contributed by atoms with E-state index in [2.05, 4.69) is 24.3 Å². The van der Waals surface area contributed by atoms with Gasteiger partial charge in [-0.25, -0.2) is 0 Å². The second kappa shape index (κ2) is 4.45. The molecule has 0 radical (unpaired) electrons. The summed E-state index contributed by atoms with van der Waals surface area (Å²) in [6.45, 7) is 0. The molecule has 0 aromatic carbocycles. The Bertz CT molecular complexity index is 253. The summed E-state index contributed by atoms with van der Waals surface area (Å²) in [6, 6.07) is 0. The van der Waals surface area contributed by atoms with Crippen molar-refractivity contribution in [3.8, 4) is 0 Å². The van der Waals surface area contributed by atoms with Crippen LogP contribution in [0.2, 0.25) is 0 Å². The van der Waals surface area contributed by atoms with Gasteiger partial charge in [-0.15, -0.1) is 0 Å². The van der Waals surface area contributed by atoms with E-state index in [9.17, 15) is 0 Å². The van der Waals surface area contributed by atoms with E-state index in [4.69, 9.17) is 0 Å². The topological polar surface area (TPSA) is 0 Å². The van der Waals surface area contributed by atoms with E-state index in [1.54, 1.807) is 11.1 Å². The van der Waals surface area contributed by atoms with Crippen LogP contribution in [0.4, 0.5) is 0 Å². The fourth-order valence-corrected chi connectivity index (χ4v) is 2.22. The van der Waals surface area contributed by atoms with Gasteiger partial charge in [0.25, 0.3) is 0 Å². The molecular formula is C13H18. The summed E-state index contributed by atoms with van der Waals surface area (Å²) in [5.41, 5.74) is 3.38. The molecule has 0 fully saturated rings. The monoisotopic (exact) mass is 174 g/mol. The molecule has 2 rings (SSSR count). The van der Waals surface area contributed by atoms with Gasteiger partial charge in [-0.1, -0.05) is 29.9 Å². The van der Waals surface area contributed by atoms with Crippen molar-refractivity contribution in [3.05, 3.63) is 35.5 Å². The van der Waals surface area contributed by atoms with E-state index in [0.717, 1.165) is 0 Å². The predicted octanol–water partition coefficient (Wildman–Crippen LogP) is 4.15. The van der Waals surface area contributed by atoms with Crippen molar-refractivity contribution in [2.75, 3.05) is 0 Å². The molecule has 0 saturated carbocycles. The molecule has 0 nitrogen and oxygen atoms in total. The third kappa shape index (κ3) is 2.33. The van der Waals surface area contributed by atoms with Crippen LogP contribution in [-0.4, -0.2) is 0 Å². The summed E-state index contributed by atoms with van der Waals surface area (Å²) in [4.78, 5) is 0. The fourth-order valence-electron chi connectivity index (χ4n) is 2.22. The van der Waals surface area contributed by atoms with Gasteiger partial charge in [-0.3, -0.25) is 0 Å². The minimum absolute atomic E-state index is 1.26. The highest BCUT2D eigenvalue weighted by molar-refractivity contribution is 5.30. The fraction of sp³-hybridized carbons (Fsp3) is 0.538.